The molecule has 2 aromatic carbocycles. The van der Waals surface area contributed by atoms with Crippen LogP contribution in [0.15, 0.2) is 65.8 Å². The van der Waals surface area contributed by atoms with Gasteiger partial charge < -0.3 is 4.74 Å². The van der Waals surface area contributed by atoms with Crippen LogP contribution in [-0.2, 0) is 6.42 Å². The van der Waals surface area contributed by atoms with E-state index < -0.39 is 10.8 Å². The Labute approximate surface area is 185 Å². The largest absolute Gasteiger partial charge is 0.495 e. The quantitative estimate of drug-likeness (QED) is 0.463. The van der Waals surface area contributed by atoms with Crippen LogP contribution in [0.2, 0.25) is 0 Å². The van der Waals surface area contributed by atoms with Crippen molar-refractivity contribution in [1.82, 2.24) is 0 Å². The third-order valence-electron chi connectivity index (χ3n) is 6.51. The molecule has 0 amide bonds. The van der Waals surface area contributed by atoms with E-state index in [4.69, 9.17) is 4.74 Å². The molecule has 0 saturated heterocycles. The van der Waals surface area contributed by atoms with Gasteiger partial charge in [-0.3, -0.25) is 13.8 Å². The molecule has 5 rings (SSSR count). The molecular formula is C26H29NO3S. The van der Waals surface area contributed by atoms with Crippen molar-refractivity contribution in [1.29, 1.82) is 0 Å². The van der Waals surface area contributed by atoms with Gasteiger partial charge in [0, 0.05) is 6.26 Å². The maximum atomic E-state index is 9.93. The van der Waals surface area contributed by atoms with Gasteiger partial charge in [0.25, 0.3) is 0 Å². The number of allylic oxidation sites excluding steroid dienone is 5. The van der Waals surface area contributed by atoms with Gasteiger partial charge in [0.1, 0.15) is 5.75 Å². The summed E-state index contributed by atoms with van der Waals surface area (Å²) < 4.78 is 28.1. The zero-order valence-corrected chi connectivity index (χ0v) is 18.8. The Balaban J connectivity index is 1.65. The SMILES string of the molecule is COc1ccc(/C=C2\C3=C(CCc4ccccc42)C2CC2C=CC3)cc1NS(C)(O)O. The average Bonchev–Trinajstić information content (AvgIpc) is 3.51. The molecule has 0 aromatic heterocycles. The lowest BCUT2D eigenvalue weighted by molar-refractivity contribution is 0.416. The van der Waals surface area contributed by atoms with Crippen molar-refractivity contribution >= 4 is 28.1 Å². The molecule has 0 heterocycles. The van der Waals surface area contributed by atoms with E-state index in [0.717, 1.165) is 30.7 Å². The first-order valence-corrected chi connectivity index (χ1v) is 12.8. The van der Waals surface area contributed by atoms with Crippen LogP contribution in [0.4, 0.5) is 5.69 Å². The topological polar surface area (TPSA) is 61.7 Å². The van der Waals surface area contributed by atoms with Crippen LogP contribution in [0.5, 0.6) is 5.75 Å². The first kappa shape index (κ1) is 20.4. The summed E-state index contributed by atoms with van der Waals surface area (Å²) in [6.07, 6.45) is 12.9. The number of anilines is 1. The van der Waals surface area contributed by atoms with Gasteiger partial charge in [-0.1, -0.05) is 48.1 Å². The number of hydrogen-bond donors (Lipinski definition) is 3. The van der Waals surface area contributed by atoms with E-state index >= 15 is 0 Å². The van der Waals surface area contributed by atoms with Gasteiger partial charge in [0.05, 0.1) is 12.8 Å². The van der Waals surface area contributed by atoms with E-state index in [1.807, 2.05) is 18.2 Å². The minimum absolute atomic E-state index is 0.582. The molecular weight excluding hydrogens is 406 g/mol. The van der Waals surface area contributed by atoms with E-state index in [1.165, 1.54) is 34.9 Å². The highest BCUT2D eigenvalue weighted by molar-refractivity contribution is 8.24. The second-order valence-corrected chi connectivity index (χ2v) is 10.6. The lowest BCUT2D eigenvalue weighted by Gasteiger charge is -2.29. The van der Waals surface area contributed by atoms with Gasteiger partial charge in [-0.2, -0.15) is 0 Å². The van der Waals surface area contributed by atoms with Gasteiger partial charge in [-0.05, 0) is 83.6 Å². The summed E-state index contributed by atoms with van der Waals surface area (Å²) in [5, 5.41) is 0. The van der Waals surface area contributed by atoms with Crippen molar-refractivity contribution in [3.63, 3.8) is 0 Å². The Morgan fingerprint density at radius 1 is 1.13 bits per heavy atom. The Bertz CT molecular complexity index is 1110. The second-order valence-electron chi connectivity index (χ2n) is 8.75. The summed E-state index contributed by atoms with van der Waals surface area (Å²) in [5.74, 6) is 2.01. The standard InChI is InChI=1S/C26H29NO3S/c1-30-26-13-10-17(15-25(26)27-31(2,28)29)14-24-20-8-4-3-6-18(20)11-12-22-21(24)9-5-7-19-16-23(19)22/h3-8,10,13-15,19,23,27-29H,9,11-12,16H2,1-2H3/b24-14-. The summed E-state index contributed by atoms with van der Waals surface area (Å²) >= 11 is 0. The lowest BCUT2D eigenvalue weighted by atomic mass is 9.89. The first-order chi connectivity index (χ1) is 14.9. The number of rotatable bonds is 4. The van der Waals surface area contributed by atoms with Gasteiger partial charge in [0.15, 0.2) is 0 Å². The van der Waals surface area contributed by atoms with E-state index in [0.29, 0.717) is 17.4 Å². The molecule has 3 N–H and O–H groups in total. The number of ether oxygens (including phenoxy) is 1. The van der Waals surface area contributed by atoms with Crippen LogP contribution in [-0.4, -0.2) is 22.5 Å². The molecule has 1 fully saturated rings. The second kappa shape index (κ2) is 7.90. The lowest BCUT2D eigenvalue weighted by Crippen LogP contribution is -2.07. The van der Waals surface area contributed by atoms with Crippen LogP contribution >= 0.6 is 10.8 Å². The number of aryl methyl sites for hydroxylation is 1. The minimum atomic E-state index is -2.91. The molecule has 0 spiro atoms. The van der Waals surface area contributed by atoms with E-state index in [1.54, 1.807) is 12.7 Å². The van der Waals surface area contributed by atoms with Crippen LogP contribution in [0, 0.1) is 11.8 Å². The first-order valence-electron chi connectivity index (χ1n) is 10.8. The molecule has 0 radical (unpaired) electrons. The normalized spacial score (nSPS) is 23.9. The fraction of sp³-hybridized carbons (Fsp3) is 0.308. The number of nitrogens with one attached hydrogen (secondary N) is 1. The van der Waals surface area contributed by atoms with E-state index in [-0.39, 0.29) is 0 Å². The molecule has 5 heteroatoms. The molecule has 0 bridgehead atoms. The van der Waals surface area contributed by atoms with E-state index in [2.05, 4.69) is 47.2 Å². The number of fused-ring (bicyclic) bond motifs is 3. The molecule has 3 aliphatic rings. The Morgan fingerprint density at radius 3 is 2.77 bits per heavy atom. The molecule has 2 unspecified atom stereocenters. The monoisotopic (exact) mass is 435 g/mol. The van der Waals surface area contributed by atoms with Crippen molar-refractivity contribution in [2.24, 2.45) is 11.8 Å². The number of methoxy groups -OCH3 is 1. The van der Waals surface area contributed by atoms with Crippen molar-refractivity contribution in [3.8, 4) is 5.75 Å². The zero-order chi connectivity index (χ0) is 21.6. The van der Waals surface area contributed by atoms with Gasteiger partial charge in [-0.25, -0.2) is 0 Å². The number of hydrogen-bond acceptors (Lipinski definition) is 4. The Hall–Kier alpha value is -2.47. The molecule has 0 aliphatic heterocycles. The highest BCUT2D eigenvalue weighted by Crippen LogP contribution is 2.53. The van der Waals surface area contributed by atoms with Gasteiger partial charge in [-0.15, -0.1) is 10.8 Å². The molecule has 4 nitrogen and oxygen atoms in total. The minimum Gasteiger partial charge on any atom is -0.495 e. The highest BCUT2D eigenvalue weighted by Gasteiger charge is 2.41. The smallest absolute Gasteiger partial charge is 0.143 e. The predicted octanol–water partition coefficient (Wildman–Crippen LogP) is 6.78. The molecule has 2 atom stereocenters. The summed E-state index contributed by atoms with van der Waals surface area (Å²) in [6.45, 7) is 0. The molecule has 162 valence electrons. The Kier molecular flexibility index (Phi) is 5.21. The molecule has 3 aliphatic carbocycles. The number of benzene rings is 2. The molecule has 2 aromatic rings. The summed E-state index contributed by atoms with van der Waals surface area (Å²) in [5.41, 5.74) is 8.69. The zero-order valence-electron chi connectivity index (χ0n) is 18.0. The third-order valence-corrected chi connectivity index (χ3v) is 7.12. The summed E-state index contributed by atoms with van der Waals surface area (Å²) in [7, 11) is -1.32. The van der Waals surface area contributed by atoms with E-state index in [9.17, 15) is 9.11 Å². The maximum absolute atomic E-state index is 9.93. The van der Waals surface area contributed by atoms with Crippen molar-refractivity contribution in [2.75, 3.05) is 18.1 Å². The average molecular weight is 436 g/mol. The highest BCUT2D eigenvalue weighted by atomic mass is 32.3. The summed E-state index contributed by atoms with van der Waals surface area (Å²) in [6, 6.07) is 14.6. The Morgan fingerprint density at radius 2 is 1.97 bits per heavy atom. The van der Waals surface area contributed by atoms with Gasteiger partial charge >= 0.3 is 0 Å². The molecule has 31 heavy (non-hydrogen) atoms. The van der Waals surface area contributed by atoms with Crippen LogP contribution < -0.4 is 9.46 Å². The van der Waals surface area contributed by atoms with Crippen LogP contribution in [0.3, 0.4) is 0 Å². The van der Waals surface area contributed by atoms with Crippen LogP contribution in [0.25, 0.3) is 11.6 Å². The van der Waals surface area contributed by atoms with Gasteiger partial charge in [0.2, 0.25) is 0 Å². The molecule has 1 saturated carbocycles. The fourth-order valence-electron chi connectivity index (χ4n) is 5.03. The predicted molar refractivity (Wildman–Crippen MR) is 130 cm³/mol. The fourth-order valence-corrected chi connectivity index (χ4v) is 5.61. The third kappa shape index (κ3) is 4.18. The maximum Gasteiger partial charge on any atom is 0.143 e. The van der Waals surface area contributed by atoms with Crippen molar-refractivity contribution < 1.29 is 13.8 Å². The van der Waals surface area contributed by atoms with Crippen LogP contribution in [0.1, 0.15) is 36.0 Å². The summed E-state index contributed by atoms with van der Waals surface area (Å²) in [4.78, 5) is 0. The van der Waals surface area contributed by atoms with Crippen molar-refractivity contribution in [2.45, 2.75) is 25.7 Å². The van der Waals surface area contributed by atoms with Crippen molar-refractivity contribution in [3.05, 3.63) is 82.5 Å².